The number of anilines is 2. The van der Waals surface area contributed by atoms with E-state index >= 15 is 0 Å². The Labute approximate surface area is 118 Å². The van der Waals surface area contributed by atoms with Gasteiger partial charge in [0.05, 0.1) is 17.9 Å². The third-order valence-corrected chi connectivity index (χ3v) is 4.43. The molecule has 1 fully saturated rings. The highest BCUT2D eigenvalue weighted by Crippen LogP contribution is 2.44. The van der Waals surface area contributed by atoms with E-state index in [0.29, 0.717) is 6.04 Å². The van der Waals surface area contributed by atoms with Crippen molar-refractivity contribution in [1.29, 1.82) is 0 Å². The number of rotatable bonds is 5. The predicted octanol–water partition coefficient (Wildman–Crippen LogP) is 3.77. The standard InChI is InChI=1S/C15H19N3S/c1-18(2)14-8-7-12(10-16-14)17-15(11-5-6-11)13-4-3-9-19-13/h3-4,7-11,15,17H,5-6H2,1-2H3. The van der Waals surface area contributed by atoms with Crippen molar-refractivity contribution in [2.75, 3.05) is 24.3 Å². The van der Waals surface area contributed by atoms with Crippen molar-refractivity contribution >= 4 is 22.8 Å². The second-order valence-corrected chi connectivity index (χ2v) is 6.25. The predicted molar refractivity (Wildman–Crippen MR) is 82.0 cm³/mol. The van der Waals surface area contributed by atoms with Gasteiger partial charge in [0.1, 0.15) is 5.82 Å². The van der Waals surface area contributed by atoms with Crippen LogP contribution in [-0.4, -0.2) is 19.1 Å². The summed E-state index contributed by atoms with van der Waals surface area (Å²) in [5.74, 6) is 1.77. The molecule has 0 saturated heterocycles. The molecular weight excluding hydrogens is 254 g/mol. The first-order chi connectivity index (χ1) is 9.24. The normalized spacial score (nSPS) is 16.1. The molecular formula is C15H19N3S. The Balaban J connectivity index is 1.75. The quantitative estimate of drug-likeness (QED) is 0.898. The number of hydrogen-bond acceptors (Lipinski definition) is 4. The Hall–Kier alpha value is -1.55. The van der Waals surface area contributed by atoms with E-state index in [0.717, 1.165) is 17.4 Å². The van der Waals surface area contributed by atoms with E-state index in [2.05, 4.69) is 39.9 Å². The molecule has 0 radical (unpaired) electrons. The molecule has 1 N–H and O–H groups in total. The summed E-state index contributed by atoms with van der Waals surface area (Å²) in [6.07, 6.45) is 4.59. The van der Waals surface area contributed by atoms with Gasteiger partial charge in [-0.15, -0.1) is 11.3 Å². The van der Waals surface area contributed by atoms with Gasteiger partial charge in [-0.1, -0.05) is 6.07 Å². The molecule has 0 bridgehead atoms. The third-order valence-electron chi connectivity index (χ3n) is 3.47. The molecule has 3 nitrogen and oxygen atoms in total. The molecule has 1 aliphatic rings. The number of hydrogen-bond donors (Lipinski definition) is 1. The maximum atomic E-state index is 4.46. The van der Waals surface area contributed by atoms with E-state index in [4.69, 9.17) is 0 Å². The average Bonchev–Trinajstić information content (AvgIpc) is 3.11. The van der Waals surface area contributed by atoms with E-state index in [9.17, 15) is 0 Å². The fourth-order valence-corrected chi connectivity index (χ4v) is 3.10. The largest absolute Gasteiger partial charge is 0.376 e. The van der Waals surface area contributed by atoms with Gasteiger partial charge in [0.15, 0.2) is 0 Å². The number of nitrogens with one attached hydrogen (secondary N) is 1. The lowest BCUT2D eigenvalue weighted by atomic mass is 10.1. The number of aromatic nitrogens is 1. The second-order valence-electron chi connectivity index (χ2n) is 5.27. The zero-order valence-corrected chi connectivity index (χ0v) is 12.2. The summed E-state index contributed by atoms with van der Waals surface area (Å²) in [4.78, 5) is 7.90. The zero-order valence-electron chi connectivity index (χ0n) is 11.3. The first-order valence-corrected chi connectivity index (χ1v) is 7.55. The van der Waals surface area contributed by atoms with Crippen molar-refractivity contribution in [3.8, 4) is 0 Å². The van der Waals surface area contributed by atoms with Crippen LogP contribution in [0.4, 0.5) is 11.5 Å². The van der Waals surface area contributed by atoms with Crippen molar-refractivity contribution in [2.45, 2.75) is 18.9 Å². The molecule has 1 atom stereocenters. The lowest BCUT2D eigenvalue weighted by Gasteiger charge is -2.19. The second kappa shape index (κ2) is 5.21. The molecule has 2 aromatic heterocycles. The van der Waals surface area contributed by atoms with Crippen molar-refractivity contribution in [3.05, 3.63) is 40.7 Å². The highest BCUT2D eigenvalue weighted by Gasteiger charge is 2.32. The lowest BCUT2D eigenvalue weighted by molar-refractivity contribution is 0.690. The number of thiophene rings is 1. The highest BCUT2D eigenvalue weighted by atomic mass is 32.1. The molecule has 2 aromatic rings. The smallest absolute Gasteiger partial charge is 0.128 e. The minimum atomic E-state index is 0.451. The molecule has 100 valence electrons. The molecule has 1 unspecified atom stereocenters. The van der Waals surface area contributed by atoms with E-state index in [1.165, 1.54) is 17.7 Å². The van der Waals surface area contributed by atoms with Gasteiger partial charge in [-0.2, -0.15) is 0 Å². The van der Waals surface area contributed by atoms with Crippen LogP contribution in [0.5, 0.6) is 0 Å². The summed E-state index contributed by atoms with van der Waals surface area (Å²) in [7, 11) is 4.02. The Morgan fingerprint density at radius 2 is 2.16 bits per heavy atom. The Kier molecular flexibility index (Phi) is 3.42. The first kappa shape index (κ1) is 12.5. The summed E-state index contributed by atoms with van der Waals surface area (Å²) >= 11 is 1.84. The molecule has 0 aromatic carbocycles. The van der Waals surface area contributed by atoms with Crippen LogP contribution in [0.15, 0.2) is 35.8 Å². The maximum Gasteiger partial charge on any atom is 0.128 e. The molecule has 1 aliphatic carbocycles. The van der Waals surface area contributed by atoms with Gasteiger partial charge in [-0.3, -0.25) is 0 Å². The molecule has 4 heteroatoms. The summed E-state index contributed by atoms with van der Waals surface area (Å²) in [5, 5.41) is 5.79. The lowest BCUT2D eigenvalue weighted by Crippen LogP contribution is -2.13. The number of pyridine rings is 1. The van der Waals surface area contributed by atoms with Gasteiger partial charge in [-0.25, -0.2) is 4.98 Å². The van der Waals surface area contributed by atoms with Crippen LogP contribution >= 0.6 is 11.3 Å². The molecule has 3 rings (SSSR count). The summed E-state index contributed by atoms with van der Waals surface area (Å²) in [6, 6.07) is 8.98. The average molecular weight is 273 g/mol. The van der Waals surface area contributed by atoms with Crippen LogP contribution in [0.2, 0.25) is 0 Å². The van der Waals surface area contributed by atoms with Crippen molar-refractivity contribution < 1.29 is 0 Å². The van der Waals surface area contributed by atoms with Gasteiger partial charge < -0.3 is 10.2 Å². The molecule has 0 aliphatic heterocycles. The third kappa shape index (κ3) is 2.89. The first-order valence-electron chi connectivity index (χ1n) is 6.67. The van der Waals surface area contributed by atoms with Gasteiger partial charge in [-0.05, 0) is 42.3 Å². The molecule has 0 amide bonds. The van der Waals surface area contributed by atoms with Crippen LogP contribution in [0.3, 0.4) is 0 Å². The van der Waals surface area contributed by atoms with Gasteiger partial charge in [0.2, 0.25) is 0 Å². The van der Waals surface area contributed by atoms with Crippen molar-refractivity contribution in [1.82, 2.24) is 4.98 Å². The Bertz CT molecular complexity index is 515. The molecule has 0 spiro atoms. The summed E-state index contributed by atoms with van der Waals surface area (Å²) < 4.78 is 0. The van der Waals surface area contributed by atoms with Crippen LogP contribution in [0.25, 0.3) is 0 Å². The summed E-state index contributed by atoms with van der Waals surface area (Å²) in [6.45, 7) is 0. The minimum Gasteiger partial charge on any atom is -0.376 e. The highest BCUT2D eigenvalue weighted by molar-refractivity contribution is 7.10. The minimum absolute atomic E-state index is 0.451. The van der Waals surface area contributed by atoms with Crippen molar-refractivity contribution in [2.24, 2.45) is 5.92 Å². The van der Waals surface area contributed by atoms with Gasteiger partial charge in [0.25, 0.3) is 0 Å². The fourth-order valence-electron chi connectivity index (χ4n) is 2.23. The van der Waals surface area contributed by atoms with Gasteiger partial charge in [0, 0.05) is 19.0 Å². The van der Waals surface area contributed by atoms with Crippen LogP contribution < -0.4 is 10.2 Å². The monoisotopic (exact) mass is 273 g/mol. The van der Waals surface area contributed by atoms with Crippen LogP contribution in [0.1, 0.15) is 23.8 Å². The maximum absolute atomic E-state index is 4.46. The number of nitrogens with zero attached hydrogens (tertiary/aromatic N) is 2. The van der Waals surface area contributed by atoms with E-state index in [-0.39, 0.29) is 0 Å². The van der Waals surface area contributed by atoms with E-state index in [1.54, 1.807) is 0 Å². The Morgan fingerprint density at radius 1 is 1.32 bits per heavy atom. The summed E-state index contributed by atoms with van der Waals surface area (Å²) in [5.41, 5.74) is 1.11. The van der Waals surface area contributed by atoms with Crippen LogP contribution in [0, 0.1) is 5.92 Å². The Morgan fingerprint density at radius 3 is 2.68 bits per heavy atom. The SMILES string of the molecule is CN(C)c1ccc(NC(c2cccs2)C2CC2)cn1. The van der Waals surface area contributed by atoms with Crippen LogP contribution in [-0.2, 0) is 0 Å². The molecule has 1 saturated carbocycles. The molecule has 19 heavy (non-hydrogen) atoms. The van der Waals surface area contributed by atoms with E-state index in [1.807, 2.05) is 36.5 Å². The topological polar surface area (TPSA) is 28.2 Å². The zero-order chi connectivity index (χ0) is 13.2. The van der Waals surface area contributed by atoms with E-state index < -0.39 is 0 Å². The molecule has 2 heterocycles. The van der Waals surface area contributed by atoms with Crippen molar-refractivity contribution in [3.63, 3.8) is 0 Å². The van der Waals surface area contributed by atoms with Gasteiger partial charge >= 0.3 is 0 Å². The fraction of sp³-hybridized carbons (Fsp3) is 0.400.